The quantitative estimate of drug-likeness (QED) is 0.719. The van der Waals surface area contributed by atoms with Crippen molar-refractivity contribution >= 4 is 23.4 Å². The Bertz CT molecular complexity index is 484. The number of aliphatic hydroxyl groups excluding tert-OH is 1. The largest absolute Gasteiger partial charge is 0.392 e. The van der Waals surface area contributed by atoms with Gasteiger partial charge in [-0.2, -0.15) is 8.78 Å². The van der Waals surface area contributed by atoms with Crippen LogP contribution in [-0.4, -0.2) is 46.9 Å². The molecular weight excluding hydrogens is 310 g/mol. The zero-order chi connectivity index (χ0) is 16.7. The van der Waals surface area contributed by atoms with Crippen LogP contribution < -0.4 is 5.32 Å². The van der Waals surface area contributed by atoms with Crippen LogP contribution in [0.1, 0.15) is 20.8 Å². The number of anilines is 1. The van der Waals surface area contributed by atoms with Gasteiger partial charge < -0.3 is 10.4 Å². The predicted molar refractivity (Wildman–Crippen MR) is 85.3 cm³/mol. The molecule has 0 saturated heterocycles. The molecular formula is C15H22F2N2O2S. The van der Waals surface area contributed by atoms with Crippen LogP contribution in [0.5, 0.6) is 0 Å². The number of para-hydroxylation sites is 1. The Balaban J connectivity index is 2.71. The van der Waals surface area contributed by atoms with Gasteiger partial charge in [-0.05, 0) is 32.9 Å². The summed E-state index contributed by atoms with van der Waals surface area (Å²) in [5.41, 5.74) is 0.374. The van der Waals surface area contributed by atoms with Crippen LogP contribution in [0, 0.1) is 0 Å². The number of carbonyl (C=O) groups excluding carboxylic acids is 1. The lowest BCUT2D eigenvalue weighted by Gasteiger charge is -2.27. The fourth-order valence-corrected chi connectivity index (χ4v) is 2.54. The van der Waals surface area contributed by atoms with Gasteiger partial charge in [-0.3, -0.25) is 9.69 Å². The monoisotopic (exact) mass is 332 g/mol. The van der Waals surface area contributed by atoms with Gasteiger partial charge in [0.1, 0.15) is 0 Å². The first kappa shape index (κ1) is 18.9. The van der Waals surface area contributed by atoms with Crippen LogP contribution in [0.25, 0.3) is 0 Å². The van der Waals surface area contributed by atoms with E-state index in [-0.39, 0.29) is 18.5 Å². The van der Waals surface area contributed by atoms with E-state index in [1.165, 1.54) is 0 Å². The number of aliphatic hydroxyl groups is 1. The van der Waals surface area contributed by atoms with Crippen LogP contribution in [0.15, 0.2) is 29.2 Å². The minimum Gasteiger partial charge on any atom is -0.392 e. The summed E-state index contributed by atoms with van der Waals surface area (Å²) >= 11 is 0.401. The molecule has 0 aliphatic rings. The zero-order valence-corrected chi connectivity index (χ0v) is 13.7. The number of hydrogen-bond donors (Lipinski definition) is 2. The maximum Gasteiger partial charge on any atom is 0.288 e. The van der Waals surface area contributed by atoms with E-state index in [0.717, 1.165) is 0 Å². The highest BCUT2D eigenvalue weighted by Crippen LogP contribution is 2.31. The van der Waals surface area contributed by atoms with Gasteiger partial charge in [0, 0.05) is 17.5 Å². The number of benzene rings is 1. The van der Waals surface area contributed by atoms with E-state index in [9.17, 15) is 18.7 Å². The summed E-state index contributed by atoms with van der Waals surface area (Å²) in [6, 6.07) is 6.56. The maximum atomic E-state index is 12.5. The van der Waals surface area contributed by atoms with Crippen molar-refractivity contribution in [3.05, 3.63) is 24.3 Å². The molecule has 0 saturated carbocycles. The molecule has 7 heteroatoms. The number of amides is 1. The standard InChI is InChI=1S/C15H22F2N2O2S/c1-10(2)19(8-11(3)20)9-14(21)18-12-6-4-5-7-13(12)22-15(16)17/h4-7,10-11,15,20H,8-9H2,1-3H3,(H,18,21). The zero-order valence-electron chi connectivity index (χ0n) is 12.9. The highest BCUT2D eigenvalue weighted by molar-refractivity contribution is 7.99. The molecule has 1 rings (SSSR count). The second kappa shape index (κ2) is 9.07. The molecule has 0 spiro atoms. The Hall–Kier alpha value is -1.18. The van der Waals surface area contributed by atoms with Gasteiger partial charge in [-0.25, -0.2) is 0 Å². The van der Waals surface area contributed by atoms with Crippen molar-refractivity contribution in [3.8, 4) is 0 Å². The lowest BCUT2D eigenvalue weighted by Crippen LogP contribution is -2.41. The molecule has 1 amide bonds. The van der Waals surface area contributed by atoms with Crippen molar-refractivity contribution in [2.24, 2.45) is 0 Å². The molecule has 0 aromatic heterocycles. The minimum absolute atomic E-state index is 0.0889. The summed E-state index contributed by atoms with van der Waals surface area (Å²) in [5, 5.41) is 12.1. The molecule has 0 radical (unpaired) electrons. The molecule has 0 aliphatic heterocycles. The third kappa shape index (κ3) is 6.72. The molecule has 1 aromatic rings. The number of nitrogens with one attached hydrogen (secondary N) is 1. The fourth-order valence-electron chi connectivity index (χ4n) is 1.94. The molecule has 0 bridgehead atoms. The van der Waals surface area contributed by atoms with Crippen molar-refractivity contribution < 1.29 is 18.7 Å². The summed E-state index contributed by atoms with van der Waals surface area (Å²) in [7, 11) is 0. The van der Waals surface area contributed by atoms with Gasteiger partial charge in [0.05, 0.1) is 18.3 Å². The Morgan fingerprint density at radius 3 is 2.50 bits per heavy atom. The summed E-state index contributed by atoms with van der Waals surface area (Å²) in [6.07, 6.45) is -0.545. The SMILES string of the molecule is CC(O)CN(CC(=O)Nc1ccccc1SC(F)F)C(C)C. The van der Waals surface area contributed by atoms with Crippen LogP contribution in [0.2, 0.25) is 0 Å². The molecule has 124 valence electrons. The van der Waals surface area contributed by atoms with E-state index in [0.29, 0.717) is 28.9 Å². The molecule has 4 nitrogen and oxygen atoms in total. The molecule has 1 aromatic carbocycles. The average Bonchev–Trinajstić information content (AvgIpc) is 2.39. The first-order valence-corrected chi connectivity index (χ1v) is 7.93. The van der Waals surface area contributed by atoms with Gasteiger partial charge in [-0.1, -0.05) is 23.9 Å². The summed E-state index contributed by atoms with van der Waals surface area (Å²) in [4.78, 5) is 14.3. The number of alkyl halides is 2. The van der Waals surface area contributed by atoms with E-state index >= 15 is 0 Å². The number of thioether (sulfide) groups is 1. The van der Waals surface area contributed by atoms with Crippen molar-refractivity contribution in [2.45, 2.75) is 43.6 Å². The van der Waals surface area contributed by atoms with Gasteiger partial charge >= 0.3 is 0 Å². The average molecular weight is 332 g/mol. The van der Waals surface area contributed by atoms with E-state index in [2.05, 4.69) is 5.32 Å². The van der Waals surface area contributed by atoms with E-state index in [1.807, 2.05) is 18.7 Å². The molecule has 2 N–H and O–H groups in total. The van der Waals surface area contributed by atoms with Crippen molar-refractivity contribution in [2.75, 3.05) is 18.4 Å². The van der Waals surface area contributed by atoms with Crippen LogP contribution in [0.4, 0.5) is 14.5 Å². The van der Waals surface area contributed by atoms with Crippen LogP contribution >= 0.6 is 11.8 Å². The molecule has 0 fully saturated rings. The second-order valence-corrected chi connectivity index (χ2v) is 6.33. The Kier molecular flexibility index (Phi) is 7.78. The van der Waals surface area contributed by atoms with Gasteiger partial charge in [0.15, 0.2) is 0 Å². The number of carbonyl (C=O) groups is 1. The molecule has 0 aliphatic carbocycles. The number of nitrogens with zero attached hydrogens (tertiary/aromatic N) is 1. The number of hydrogen-bond acceptors (Lipinski definition) is 4. The Morgan fingerprint density at radius 2 is 1.95 bits per heavy atom. The summed E-state index contributed by atoms with van der Waals surface area (Å²) < 4.78 is 25.0. The van der Waals surface area contributed by atoms with E-state index < -0.39 is 11.9 Å². The molecule has 0 heterocycles. The lowest BCUT2D eigenvalue weighted by molar-refractivity contribution is -0.118. The van der Waals surface area contributed by atoms with Crippen molar-refractivity contribution in [1.82, 2.24) is 4.90 Å². The Labute approximate surface area is 133 Å². The van der Waals surface area contributed by atoms with Crippen LogP contribution in [0.3, 0.4) is 0 Å². The maximum absolute atomic E-state index is 12.5. The van der Waals surface area contributed by atoms with Gasteiger partial charge in [-0.15, -0.1) is 0 Å². The fraction of sp³-hybridized carbons (Fsp3) is 0.533. The van der Waals surface area contributed by atoms with Gasteiger partial charge in [0.2, 0.25) is 5.91 Å². The third-order valence-corrected chi connectivity index (χ3v) is 3.74. The topological polar surface area (TPSA) is 52.6 Å². The third-order valence-electron chi connectivity index (χ3n) is 2.95. The van der Waals surface area contributed by atoms with Crippen molar-refractivity contribution in [1.29, 1.82) is 0 Å². The van der Waals surface area contributed by atoms with E-state index in [1.54, 1.807) is 31.2 Å². The smallest absolute Gasteiger partial charge is 0.288 e. The minimum atomic E-state index is -2.54. The predicted octanol–water partition coefficient (Wildman–Crippen LogP) is 3.03. The summed E-state index contributed by atoms with van der Waals surface area (Å²) in [5.74, 6) is -2.84. The molecule has 1 atom stereocenters. The Morgan fingerprint density at radius 1 is 1.32 bits per heavy atom. The number of rotatable bonds is 8. The molecule has 1 unspecified atom stereocenters. The molecule has 22 heavy (non-hydrogen) atoms. The van der Waals surface area contributed by atoms with Gasteiger partial charge in [0.25, 0.3) is 5.76 Å². The number of halogens is 2. The normalized spacial score (nSPS) is 13.0. The highest BCUT2D eigenvalue weighted by atomic mass is 32.2. The summed E-state index contributed by atoms with van der Waals surface area (Å²) in [6.45, 7) is 5.98. The lowest BCUT2D eigenvalue weighted by atomic mass is 10.2. The first-order valence-electron chi connectivity index (χ1n) is 7.05. The second-order valence-electron chi connectivity index (χ2n) is 5.30. The van der Waals surface area contributed by atoms with Crippen LogP contribution in [-0.2, 0) is 4.79 Å². The first-order chi connectivity index (χ1) is 10.3. The van der Waals surface area contributed by atoms with E-state index in [4.69, 9.17) is 0 Å². The highest BCUT2D eigenvalue weighted by Gasteiger charge is 2.17. The van der Waals surface area contributed by atoms with Crippen molar-refractivity contribution in [3.63, 3.8) is 0 Å².